The molecule has 6 heteroatoms. The Labute approximate surface area is 91.2 Å². The molecule has 16 heavy (non-hydrogen) atoms. The molecule has 0 radical (unpaired) electrons. The fraction of sp³-hybridized carbons (Fsp3) is 0.700. The van der Waals surface area contributed by atoms with Crippen molar-refractivity contribution in [3.8, 4) is 0 Å². The number of alkyl halides is 3. The van der Waals surface area contributed by atoms with Crippen LogP contribution < -0.4 is 5.73 Å². The third kappa shape index (κ3) is 1.71. The van der Waals surface area contributed by atoms with E-state index in [1.54, 1.807) is 0 Å². The molecule has 0 aromatic carbocycles. The molecule has 0 spiro atoms. The maximum atomic E-state index is 12.7. The van der Waals surface area contributed by atoms with Crippen molar-refractivity contribution < 1.29 is 13.2 Å². The Hall–Kier alpha value is -1.04. The minimum atomic E-state index is -4.38. The van der Waals surface area contributed by atoms with E-state index in [1.165, 1.54) is 6.20 Å². The lowest BCUT2D eigenvalue weighted by atomic mass is 9.79. The zero-order valence-corrected chi connectivity index (χ0v) is 8.77. The summed E-state index contributed by atoms with van der Waals surface area (Å²) in [7, 11) is 0. The van der Waals surface area contributed by atoms with Crippen LogP contribution in [0, 0.1) is 0 Å². The Morgan fingerprint density at radius 1 is 1.38 bits per heavy atom. The van der Waals surface area contributed by atoms with E-state index in [-0.39, 0.29) is 12.1 Å². The van der Waals surface area contributed by atoms with Gasteiger partial charge in [-0.2, -0.15) is 18.3 Å². The average Bonchev–Trinajstić information content (AvgIpc) is 2.86. The van der Waals surface area contributed by atoms with E-state index in [0.717, 1.165) is 12.8 Å². The minimum absolute atomic E-state index is 0.236. The standard InChI is InChI=1S/C10H14F3N3/c11-10(12,13)8-7(5-15-16-8)9(6-14)3-1-2-4-9/h5H,1-4,6,14H2,(H,15,16). The highest BCUT2D eigenvalue weighted by Gasteiger charge is 2.44. The molecular weight excluding hydrogens is 219 g/mol. The first-order valence-electron chi connectivity index (χ1n) is 5.31. The van der Waals surface area contributed by atoms with E-state index in [0.29, 0.717) is 12.8 Å². The Balaban J connectivity index is 2.43. The number of nitrogens with zero attached hydrogens (tertiary/aromatic N) is 1. The van der Waals surface area contributed by atoms with Gasteiger partial charge in [-0.1, -0.05) is 12.8 Å². The van der Waals surface area contributed by atoms with Crippen LogP contribution in [-0.4, -0.2) is 16.7 Å². The molecule has 0 unspecified atom stereocenters. The molecule has 2 rings (SSSR count). The van der Waals surface area contributed by atoms with Crippen LogP contribution in [0.2, 0.25) is 0 Å². The second kappa shape index (κ2) is 3.76. The van der Waals surface area contributed by atoms with Gasteiger partial charge < -0.3 is 5.73 Å². The van der Waals surface area contributed by atoms with Crippen LogP contribution in [0.15, 0.2) is 6.20 Å². The molecule has 1 aromatic heterocycles. The summed E-state index contributed by atoms with van der Waals surface area (Å²) in [4.78, 5) is 0. The predicted molar refractivity (Wildman–Crippen MR) is 52.8 cm³/mol. The highest BCUT2D eigenvalue weighted by molar-refractivity contribution is 5.31. The van der Waals surface area contributed by atoms with Crippen LogP contribution in [0.5, 0.6) is 0 Å². The van der Waals surface area contributed by atoms with Crippen LogP contribution in [0.1, 0.15) is 36.9 Å². The van der Waals surface area contributed by atoms with Gasteiger partial charge in [0, 0.05) is 17.5 Å². The third-order valence-corrected chi connectivity index (χ3v) is 3.45. The maximum Gasteiger partial charge on any atom is 0.433 e. The van der Waals surface area contributed by atoms with Gasteiger partial charge in [0.2, 0.25) is 0 Å². The number of halogens is 3. The molecule has 1 aromatic rings. The molecule has 0 aliphatic heterocycles. The molecule has 0 bridgehead atoms. The van der Waals surface area contributed by atoms with E-state index < -0.39 is 17.3 Å². The predicted octanol–water partition coefficient (Wildman–Crippen LogP) is 2.20. The molecule has 0 atom stereocenters. The second-order valence-corrected chi connectivity index (χ2v) is 4.35. The van der Waals surface area contributed by atoms with Crippen molar-refractivity contribution in [3.63, 3.8) is 0 Å². The molecule has 1 heterocycles. The normalized spacial score (nSPS) is 20.2. The van der Waals surface area contributed by atoms with Gasteiger partial charge in [-0.3, -0.25) is 5.10 Å². The SMILES string of the molecule is NCC1(c2cn[nH]c2C(F)(F)F)CCCC1. The van der Waals surface area contributed by atoms with Crippen LogP contribution >= 0.6 is 0 Å². The summed E-state index contributed by atoms with van der Waals surface area (Å²) in [6, 6.07) is 0. The summed E-state index contributed by atoms with van der Waals surface area (Å²) in [6.07, 6.45) is 0.190. The van der Waals surface area contributed by atoms with Crippen LogP contribution in [0.3, 0.4) is 0 Å². The van der Waals surface area contributed by atoms with Gasteiger partial charge in [0.1, 0.15) is 5.69 Å². The highest BCUT2D eigenvalue weighted by Crippen LogP contribution is 2.44. The summed E-state index contributed by atoms with van der Waals surface area (Å²) in [6.45, 7) is 0.246. The van der Waals surface area contributed by atoms with Gasteiger partial charge in [-0.15, -0.1) is 0 Å². The molecule has 1 aliphatic carbocycles. The van der Waals surface area contributed by atoms with Crippen molar-refractivity contribution in [3.05, 3.63) is 17.5 Å². The smallest absolute Gasteiger partial charge is 0.330 e. The Morgan fingerprint density at radius 3 is 2.50 bits per heavy atom. The monoisotopic (exact) mass is 233 g/mol. The number of hydrogen-bond donors (Lipinski definition) is 2. The van der Waals surface area contributed by atoms with Crippen molar-refractivity contribution in [2.45, 2.75) is 37.3 Å². The van der Waals surface area contributed by atoms with Gasteiger partial charge in [-0.25, -0.2) is 0 Å². The molecule has 3 nitrogen and oxygen atoms in total. The topological polar surface area (TPSA) is 54.7 Å². The number of H-pyrrole nitrogens is 1. The van der Waals surface area contributed by atoms with Crippen molar-refractivity contribution in [2.24, 2.45) is 5.73 Å². The number of rotatable bonds is 2. The van der Waals surface area contributed by atoms with Crippen molar-refractivity contribution in [2.75, 3.05) is 6.54 Å². The van der Waals surface area contributed by atoms with Crippen molar-refractivity contribution >= 4 is 0 Å². The highest BCUT2D eigenvalue weighted by atomic mass is 19.4. The van der Waals surface area contributed by atoms with Crippen molar-refractivity contribution in [1.29, 1.82) is 0 Å². The van der Waals surface area contributed by atoms with Gasteiger partial charge in [0.25, 0.3) is 0 Å². The van der Waals surface area contributed by atoms with Gasteiger partial charge >= 0.3 is 6.18 Å². The van der Waals surface area contributed by atoms with E-state index in [4.69, 9.17) is 5.73 Å². The molecule has 1 aliphatic rings. The van der Waals surface area contributed by atoms with Crippen LogP contribution in [-0.2, 0) is 11.6 Å². The lowest BCUT2D eigenvalue weighted by molar-refractivity contribution is -0.142. The van der Waals surface area contributed by atoms with Crippen LogP contribution in [0.4, 0.5) is 13.2 Å². The number of aromatic nitrogens is 2. The number of nitrogens with two attached hydrogens (primary N) is 1. The molecule has 3 N–H and O–H groups in total. The first kappa shape index (κ1) is 11.4. The van der Waals surface area contributed by atoms with E-state index in [9.17, 15) is 13.2 Å². The molecule has 1 fully saturated rings. The number of aromatic amines is 1. The Bertz CT molecular complexity index is 364. The number of hydrogen-bond acceptors (Lipinski definition) is 2. The largest absolute Gasteiger partial charge is 0.433 e. The summed E-state index contributed by atoms with van der Waals surface area (Å²) in [5.74, 6) is 0. The fourth-order valence-corrected chi connectivity index (χ4v) is 2.54. The second-order valence-electron chi connectivity index (χ2n) is 4.35. The number of nitrogens with one attached hydrogen (secondary N) is 1. The van der Waals surface area contributed by atoms with Gasteiger partial charge in [0.05, 0.1) is 6.20 Å². The summed E-state index contributed by atoms with van der Waals surface area (Å²) in [5, 5.41) is 5.58. The maximum absolute atomic E-state index is 12.7. The molecule has 1 saturated carbocycles. The van der Waals surface area contributed by atoms with E-state index >= 15 is 0 Å². The third-order valence-electron chi connectivity index (χ3n) is 3.45. The molecule has 0 saturated heterocycles. The molecule has 0 amide bonds. The quantitative estimate of drug-likeness (QED) is 0.822. The zero-order chi connectivity index (χ0) is 11.8. The van der Waals surface area contributed by atoms with Gasteiger partial charge in [-0.05, 0) is 12.8 Å². The summed E-state index contributed by atoms with van der Waals surface area (Å²) >= 11 is 0. The molecular formula is C10H14F3N3. The Kier molecular flexibility index (Phi) is 2.69. The van der Waals surface area contributed by atoms with E-state index in [1.807, 2.05) is 0 Å². The fourth-order valence-electron chi connectivity index (χ4n) is 2.54. The van der Waals surface area contributed by atoms with E-state index in [2.05, 4.69) is 10.2 Å². The minimum Gasteiger partial charge on any atom is -0.330 e. The van der Waals surface area contributed by atoms with Crippen LogP contribution in [0.25, 0.3) is 0 Å². The first-order valence-corrected chi connectivity index (χ1v) is 5.31. The summed E-state index contributed by atoms with van der Waals surface area (Å²) in [5.41, 5.74) is 4.63. The lowest BCUT2D eigenvalue weighted by Crippen LogP contribution is -2.33. The van der Waals surface area contributed by atoms with Crippen molar-refractivity contribution in [1.82, 2.24) is 10.2 Å². The Morgan fingerprint density at radius 2 is 2.00 bits per heavy atom. The first-order chi connectivity index (χ1) is 7.49. The zero-order valence-electron chi connectivity index (χ0n) is 8.77. The van der Waals surface area contributed by atoms with Gasteiger partial charge in [0.15, 0.2) is 0 Å². The molecule has 90 valence electrons. The lowest BCUT2D eigenvalue weighted by Gasteiger charge is -2.27. The average molecular weight is 233 g/mol. The summed E-state index contributed by atoms with van der Waals surface area (Å²) < 4.78 is 38.2.